The second-order valence-electron chi connectivity index (χ2n) is 5.57. The molecule has 2 heterocycles. The first kappa shape index (κ1) is 18.7. The van der Waals surface area contributed by atoms with Crippen molar-refractivity contribution in [1.29, 1.82) is 0 Å². The zero-order valence-electron chi connectivity index (χ0n) is 14.5. The van der Waals surface area contributed by atoms with Gasteiger partial charge in [-0.1, -0.05) is 52.9 Å². The van der Waals surface area contributed by atoms with E-state index in [1.807, 2.05) is 54.8 Å². The second kappa shape index (κ2) is 8.14. The highest BCUT2D eigenvalue weighted by atomic mass is 35.5. The number of thioether (sulfide) groups is 1. The van der Waals surface area contributed by atoms with Gasteiger partial charge in [-0.2, -0.15) is 0 Å². The summed E-state index contributed by atoms with van der Waals surface area (Å²) in [6.07, 6.45) is 3.24. The second-order valence-corrected chi connectivity index (χ2v) is 7.78. The van der Waals surface area contributed by atoms with E-state index in [1.54, 1.807) is 0 Å². The van der Waals surface area contributed by atoms with Gasteiger partial charge in [-0.05, 0) is 30.5 Å². The van der Waals surface area contributed by atoms with Crippen LogP contribution in [0.1, 0.15) is 10.5 Å². The molecule has 0 aliphatic rings. The van der Waals surface area contributed by atoms with Crippen molar-refractivity contribution in [3.8, 4) is 11.5 Å². The SMILES string of the molecule is CSc1ncc(Cl)c(C(=O)Nc2nc3ccc(Oc4ccccc4)cc3s2)n1. The molecule has 0 aliphatic carbocycles. The third-order valence-electron chi connectivity index (χ3n) is 3.68. The summed E-state index contributed by atoms with van der Waals surface area (Å²) in [5, 5.41) is 3.87. The van der Waals surface area contributed by atoms with E-state index in [0.29, 0.717) is 16.0 Å². The van der Waals surface area contributed by atoms with Crippen LogP contribution < -0.4 is 10.1 Å². The van der Waals surface area contributed by atoms with Crippen LogP contribution in [0.4, 0.5) is 5.13 Å². The van der Waals surface area contributed by atoms with E-state index in [4.69, 9.17) is 16.3 Å². The first-order chi connectivity index (χ1) is 13.6. The number of halogens is 1. The quantitative estimate of drug-likeness (QED) is 0.334. The number of thiazole rings is 1. The molecule has 2 aromatic heterocycles. The molecule has 0 bridgehead atoms. The minimum Gasteiger partial charge on any atom is -0.457 e. The lowest BCUT2D eigenvalue weighted by Gasteiger charge is -2.04. The number of para-hydroxylation sites is 1. The molecule has 0 saturated carbocycles. The zero-order chi connectivity index (χ0) is 19.5. The van der Waals surface area contributed by atoms with Crippen LogP contribution in [-0.2, 0) is 0 Å². The van der Waals surface area contributed by atoms with Crippen molar-refractivity contribution in [3.63, 3.8) is 0 Å². The van der Waals surface area contributed by atoms with Gasteiger partial charge < -0.3 is 4.74 Å². The van der Waals surface area contributed by atoms with Crippen LogP contribution in [-0.4, -0.2) is 27.1 Å². The number of rotatable bonds is 5. The molecule has 0 unspecified atom stereocenters. The predicted molar refractivity (Wildman–Crippen MR) is 113 cm³/mol. The summed E-state index contributed by atoms with van der Waals surface area (Å²) in [5.41, 5.74) is 0.882. The molecule has 28 heavy (non-hydrogen) atoms. The predicted octanol–water partition coefficient (Wildman–Crippen LogP) is 5.51. The van der Waals surface area contributed by atoms with Gasteiger partial charge in [0.2, 0.25) is 0 Å². The number of carbonyl (C=O) groups excluding carboxylic acids is 1. The highest BCUT2D eigenvalue weighted by Gasteiger charge is 2.16. The third-order valence-corrected chi connectivity index (χ3v) is 5.45. The highest BCUT2D eigenvalue weighted by Crippen LogP contribution is 2.31. The number of benzene rings is 2. The summed E-state index contributed by atoms with van der Waals surface area (Å²) in [5.74, 6) is 1.02. The Hall–Kier alpha value is -2.68. The lowest BCUT2D eigenvalue weighted by atomic mass is 10.3. The minimum absolute atomic E-state index is 0.119. The van der Waals surface area contributed by atoms with E-state index in [0.717, 1.165) is 16.0 Å². The zero-order valence-corrected chi connectivity index (χ0v) is 16.9. The van der Waals surface area contributed by atoms with Gasteiger partial charge in [0.25, 0.3) is 5.91 Å². The van der Waals surface area contributed by atoms with Gasteiger partial charge >= 0.3 is 0 Å². The molecule has 6 nitrogen and oxygen atoms in total. The molecular weight excluding hydrogens is 416 g/mol. The fourth-order valence-electron chi connectivity index (χ4n) is 2.41. The molecule has 0 saturated heterocycles. The van der Waals surface area contributed by atoms with Gasteiger partial charge in [-0.25, -0.2) is 15.0 Å². The lowest BCUT2D eigenvalue weighted by Crippen LogP contribution is -2.15. The molecule has 0 atom stereocenters. The van der Waals surface area contributed by atoms with Crippen molar-refractivity contribution in [1.82, 2.24) is 15.0 Å². The summed E-state index contributed by atoms with van der Waals surface area (Å²) >= 11 is 8.74. The van der Waals surface area contributed by atoms with Gasteiger partial charge in [0.15, 0.2) is 16.0 Å². The van der Waals surface area contributed by atoms with Gasteiger partial charge in [-0.15, -0.1) is 0 Å². The number of hydrogen-bond donors (Lipinski definition) is 1. The summed E-state index contributed by atoms with van der Waals surface area (Å²) in [7, 11) is 0. The minimum atomic E-state index is -0.428. The molecule has 0 aliphatic heterocycles. The maximum Gasteiger partial charge on any atom is 0.277 e. The average molecular weight is 429 g/mol. The Labute approximate surface area is 174 Å². The molecule has 0 fully saturated rings. The van der Waals surface area contributed by atoms with E-state index in [9.17, 15) is 4.79 Å². The molecule has 1 N–H and O–H groups in total. The Balaban J connectivity index is 1.55. The number of carbonyl (C=O) groups is 1. The molecule has 140 valence electrons. The first-order valence-electron chi connectivity index (χ1n) is 8.14. The van der Waals surface area contributed by atoms with E-state index in [1.165, 1.54) is 29.3 Å². The maximum atomic E-state index is 12.5. The van der Waals surface area contributed by atoms with Crippen LogP contribution in [0.2, 0.25) is 5.02 Å². The Morgan fingerprint density at radius 3 is 2.75 bits per heavy atom. The number of amides is 1. The number of anilines is 1. The van der Waals surface area contributed by atoms with Crippen molar-refractivity contribution in [2.75, 3.05) is 11.6 Å². The summed E-state index contributed by atoms with van der Waals surface area (Å²) in [6, 6.07) is 15.1. The van der Waals surface area contributed by atoms with Gasteiger partial charge in [0.1, 0.15) is 11.5 Å². The van der Waals surface area contributed by atoms with Gasteiger partial charge in [-0.3, -0.25) is 10.1 Å². The van der Waals surface area contributed by atoms with Crippen LogP contribution in [0, 0.1) is 0 Å². The maximum absolute atomic E-state index is 12.5. The van der Waals surface area contributed by atoms with Crippen LogP contribution in [0.15, 0.2) is 59.9 Å². The Kier molecular flexibility index (Phi) is 5.43. The van der Waals surface area contributed by atoms with Crippen molar-refractivity contribution in [3.05, 3.63) is 65.4 Å². The van der Waals surface area contributed by atoms with E-state index < -0.39 is 5.91 Å². The van der Waals surface area contributed by atoms with Gasteiger partial charge in [0.05, 0.1) is 21.4 Å². The Morgan fingerprint density at radius 1 is 1.14 bits per heavy atom. The normalized spacial score (nSPS) is 10.8. The summed E-state index contributed by atoms with van der Waals surface area (Å²) < 4.78 is 6.73. The monoisotopic (exact) mass is 428 g/mol. The highest BCUT2D eigenvalue weighted by molar-refractivity contribution is 7.98. The summed E-state index contributed by atoms with van der Waals surface area (Å²) in [6.45, 7) is 0. The van der Waals surface area contributed by atoms with Crippen LogP contribution in [0.3, 0.4) is 0 Å². The molecule has 4 aromatic rings. The van der Waals surface area contributed by atoms with Gasteiger partial charge in [0, 0.05) is 6.07 Å². The number of ether oxygens (including phenoxy) is 1. The Morgan fingerprint density at radius 2 is 1.96 bits per heavy atom. The molecule has 0 spiro atoms. The first-order valence-corrected chi connectivity index (χ1v) is 10.6. The molecule has 1 amide bonds. The standard InChI is InChI=1S/C19H13ClN4O2S2/c1-27-18-21-10-13(20)16(23-18)17(25)24-19-22-14-8-7-12(9-15(14)28-19)26-11-5-3-2-4-6-11/h2-10H,1H3,(H,22,24,25). The fraction of sp³-hybridized carbons (Fsp3) is 0.0526. The van der Waals surface area contributed by atoms with Crippen LogP contribution in [0.25, 0.3) is 10.2 Å². The fourth-order valence-corrected chi connectivity index (χ4v) is 3.82. The molecule has 4 rings (SSSR count). The van der Waals surface area contributed by atoms with E-state index in [2.05, 4.69) is 20.3 Å². The number of aromatic nitrogens is 3. The largest absolute Gasteiger partial charge is 0.457 e. The average Bonchev–Trinajstić information content (AvgIpc) is 3.10. The van der Waals surface area contributed by atoms with Crippen molar-refractivity contribution in [2.45, 2.75) is 5.16 Å². The number of nitrogens with zero attached hydrogens (tertiary/aromatic N) is 3. The number of hydrogen-bond acceptors (Lipinski definition) is 7. The van der Waals surface area contributed by atoms with E-state index >= 15 is 0 Å². The number of nitrogens with one attached hydrogen (secondary N) is 1. The number of fused-ring (bicyclic) bond motifs is 1. The lowest BCUT2D eigenvalue weighted by molar-refractivity contribution is 0.102. The topological polar surface area (TPSA) is 77.0 Å². The molecular formula is C19H13ClN4O2S2. The van der Waals surface area contributed by atoms with E-state index in [-0.39, 0.29) is 10.7 Å². The van der Waals surface area contributed by atoms with Crippen molar-refractivity contribution < 1.29 is 9.53 Å². The smallest absolute Gasteiger partial charge is 0.277 e. The third kappa shape index (κ3) is 4.09. The van der Waals surface area contributed by atoms with Crippen molar-refractivity contribution in [2.24, 2.45) is 0 Å². The van der Waals surface area contributed by atoms with Crippen molar-refractivity contribution >= 4 is 56.0 Å². The molecule has 9 heteroatoms. The van der Waals surface area contributed by atoms with Crippen LogP contribution in [0.5, 0.6) is 11.5 Å². The van der Waals surface area contributed by atoms with Crippen LogP contribution >= 0.6 is 34.7 Å². The summed E-state index contributed by atoms with van der Waals surface area (Å²) in [4.78, 5) is 25.2. The Bertz CT molecular complexity index is 1150. The molecule has 0 radical (unpaired) electrons. The molecule has 2 aromatic carbocycles.